The molecule has 0 fully saturated rings. The lowest BCUT2D eigenvalue weighted by Gasteiger charge is -2.02. The second-order valence-electron chi connectivity index (χ2n) is 3.36. The Balaban J connectivity index is 2.40. The monoisotopic (exact) mass is 254 g/mol. The minimum Gasteiger partial charge on any atom is -0.378 e. The Hall–Kier alpha value is -1.10. The number of aromatic nitrogens is 2. The first kappa shape index (κ1) is 11.4. The number of ether oxygens (including phenoxy) is 1. The van der Waals surface area contributed by atoms with Crippen molar-refractivity contribution in [1.29, 1.82) is 0 Å². The molecule has 2 rings (SSSR count). The zero-order valence-corrected chi connectivity index (χ0v) is 10.3. The summed E-state index contributed by atoms with van der Waals surface area (Å²) in [6, 6.07) is 9.36. The Morgan fingerprint density at radius 2 is 2.06 bits per heavy atom. The molecule has 1 aromatic heterocycles. The van der Waals surface area contributed by atoms with E-state index >= 15 is 0 Å². The van der Waals surface area contributed by atoms with Gasteiger partial charge in [-0.05, 0) is 30.3 Å². The van der Waals surface area contributed by atoms with Crippen LogP contribution in [-0.4, -0.2) is 16.9 Å². The number of nitrogens with zero attached hydrogens (tertiary/aromatic N) is 1. The summed E-state index contributed by atoms with van der Waals surface area (Å²) in [5.41, 5.74) is 1.90. The van der Waals surface area contributed by atoms with Crippen LogP contribution in [0.1, 0.15) is 5.69 Å². The molecule has 0 saturated heterocycles. The van der Waals surface area contributed by atoms with Crippen molar-refractivity contribution in [3.8, 4) is 5.69 Å². The fraction of sp³-hybridized carbons (Fsp3) is 0.182. The van der Waals surface area contributed by atoms with E-state index in [1.165, 1.54) is 0 Å². The highest BCUT2D eigenvalue weighted by Gasteiger charge is 2.02. The number of aromatic amines is 1. The van der Waals surface area contributed by atoms with Gasteiger partial charge in [0.2, 0.25) is 0 Å². The van der Waals surface area contributed by atoms with Crippen LogP contribution in [0, 0.1) is 4.64 Å². The summed E-state index contributed by atoms with van der Waals surface area (Å²) < 4.78 is 7.58. The van der Waals surface area contributed by atoms with Crippen molar-refractivity contribution in [2.45, 2.75) is 6.61 Å². The summed E-state index contributed by atoms with van der Waals surface area (Å²) in [7, 11) is 1.65. The zero-order chi connectivity index (χ0) is 11.5. The van der Waals surface area contributed by atoms with Crippen LogP contribution in [0.4, 0.5) is 0 Å². The highest BCUT2D eigenvalue weighted by Crippen LogP contribution is 2.14. The average molecular weight is 255 g/mol. The van der Waals surface area contributed by atoms with Gasteiger partial charge in [-0.1, -0.05) is 23.8 Å². The van der Waals surface area contributed by atoms with Gasteiger partial charge in [-0.15, -0.1) is 0 Å². The zero-order valence-electron chi connectivity index (χ0n) is 8.74. The molecule has 0 aliphatic carbocycles. The first-order valence-electron chi connectivity index (χ1n) is 4.76. The smallest absolute Gasteiger partial charge is 0.128 e. The van der Waals surface area contributed by atoms with Gasteiger partial charge >= 0.3 is 0 Å². The second kappa shape index (κ2) is 4.82. The van der Waals surface area contributed by atoms with E-state index in [9.17, 15) is 0 Å². The van der Waals surface area contributed by atoms with Crippen LogP contribution in [0.25, 0.3) is 5.69 Å². The maximum Gasteiger partial charge on any atom is 0.128 e. The van der Waals surface area contributed by atoms with E-state index in [2.05, 4.69) is 5.10 Å². The van der Waals surface area contributed by atoms with Crippen molar-refractivity contribution in [3.63, 3.8) is 0 Å². The number of benzene rings is 1. The summed E-state index contributed by atoms with van der Waals surface area (Å²) in [5, 5.41) is 3.87. The lowest BCUT2D eigenvalue weighted by Crippen LogP contribution is -1.97. The normalized spacial score (nSPS) is 10.6. The molecular formula is C11H11ClN2OS. The average Bonchev–Trinajstić information content (AvgIpc) is 2.61. The molecule has 0 aliphatic heterocycles. The van der Waals surface area contributed by atoms with Crippen LogP contribution < -0.4 is 0 Å². The molecular weight excluding hydrogens is 244 g/mol. The molecule has 1 N–H and O–H groups in total. The Morgan fingerprint density at radius 3 is 2.69 bits per heavy atom. The van der Waals surface area contributed by atoms with Crippen LogP contribution in [0.5, 0.6) is 0 Å². The predicted molar refractivity (Wildman–Crippen MR) is 66.7 cm³/mol. The summed E-state index contributed by atoms with van der Waals surface area (Å²) in [6.45, 7) is 0.518. The molecule has 0 amide bonds. The lowest BCUT2D eigenvalue weighted by molar-refractivity contribution is 0.181. The van der Waals surface area contributed by atoms with Gasteiger partial charge in [0, 0.05) is 12.1 Å². The number of rotatable bonds is 3. The fourth-order valence-corrected chi connectivity index (χ4v) is 1.88. The van der Waals surface area contributed by atoms with E-state index in [0.717, 1.165) is 16.0 Å². The molecule has 84 valence electrons. The molecule has 0 aliphatic rings. The third kappa shape index (κ3) is 2.35. The van der Waals surface area contributed by atoms with E-state index in [4.69, 9.17) is 28.6 Å². The first-order chi connectivity index (χ1) is 7.70. The third-order valence-corrected chi connectivity index (χ3v) is 2.71. The van der Waals surface area contributed by atoms with Gasteiger partial charge < -0.3 is 4.74 Å². The second-order valence-corrected chi connectivity index (χ2v) is 4.22. The Morgan fingerprint density at radius 1 is 1.38 bits per heavy atom. The number of nitrogens with one attached hydrogen (secondary N) is 1. The van der Waals surface area contributed by atoms with Gasteiger partial charge in [-0.25, -0.2) is 4.68 Å². The maximum absolute atomic E-state index is 5.83. The van der Waals surface area contributed by atoms with Crippen LogP contribution in [0.3, 0.4) is 0 Å². The third-order valence-electron chi connectivity index (χ3n) is 2.16. The molecule has 16 heavy (non-hydrogen) atoms. The van der Waals surface area contributed by atoms with Crippen LogP contribution >= 0.6 is 23.8 Å². The summed E-state index contributed by atoms with van der Waals surface area (Å²) >= 11 is 11.1. The van der Waals surface area contributed by atoms with Gasteiger partial charge in [0.25, 0.3) is 0 Å². The Labute approximate surface area is 104 Å². The van der Waals surface area contributed by atoms with Gasteiger partial charge in [0.15, 0.2) is 0 Å². The van der Waals surface area contributed by atoms with Gasteiger partial charge in [0.05, 0.1) is 18.0 Å². The number of H-pyrrole nitrogens is 1. The van der Waals surface area contributed by atoms with Crippen molar-refractivity contribution in [1.82, 2.24) is 9.78 Å². The fourth-order valence-electron chi connectivity index (χ4n) is 1.46. The van der Waals surface area contributed by atoms with Crippen molar-refractivity contribution in [3.05, 3.63) is 45.7 Å². The molecule has 3 nitrogen and oxygen atoms in total. The number of hydrogen-bond acceptors (Lipinski definition) is 2. The topological polar surface area (TPSA) is 29.9 Å². The molecule has 1 heterocycles. The molecule has 0 radical (unpaired) electrons. The molecule has 0 unspecified atom stereocenters. The summed E-state index contributed by atoms with van der Waals surface area (Å²) in [4.78, 5) is 0. The molecule has 0 bridgehead atoms. The standard InChI is InChI=1S/C11H11ClN2OS/c1-15-7-9-6-11(16)14(13-9)10-4-2-8(12)3-5-10/h2-6,13H,7H2,1H3. The lowest BCUT2D eigenvalue weighted by atomic mass is 10.3. The van der Waals surface area contributed by atoms with Gasteiger partial charge in [-0.3, -0.25) is 5.10 Å². The van der Waals surface area contributed by atoms with E-state index in [1.807, 2.05) is 35.0 Å². The minimum absolute atomic E-state index is 0.518. The first-order valence-corrected chi connectivity index (χ1v) is 5.55. The molecule has 2 aromatic rings. The van der Waals surface area contributed by atoms with Crippen molar-refractivity contribution in [2.75, 3.05) is 7.11 Å². The highest BCUT2D eigenvalue weighted by molar-refractivity contribution is 7.71. The molecule has 5 heteroatoms. The Bertz CT molecular complexity index is 530. The van der Waals surface area contributed by atoms with Crippen molar-refractivity contribution in [2.24, 2.45) is 0 Å². The van der Waals surface area contributed by atoms with E-state index in [0.29, 0.717) is 11.6 Å². The molecule has 0 spiro atoms. The maximum atomic E-state index is 5.83. The summed E-state index contributed by atoms with van der Waals surface area (Å²) in [5.74, 6) is 0. The molecule has 0 saturated carbocycles. The minimum atomic E-state index is 0.518. The van der Waals surface area contributed by atoms with Gasteiger partial charge in [0.1, 0.15) is 4.64 Å². The van der Waals surface area contributed by atoms with E-state index in [-0.39, 0.29) is 0 Å². The van der Waals surface area contributed by atoms with Gasteiger partial charge in [-0.2, -0.15) is 0 Å². The van der Waals surface area contributed by atoms with E-state index in [1.54, 1.807) is 7.11 Å². The molecule has 0 atom stereocenters. The van der Waals surface area contributed by atoms with Crippen LogP contribution in [0.2, 0.25) is 5.02 Å². The summed E-state index contributed by atoms with van der Waals surface area (Å²) in [6.07, 6.45) is 0. The van der Waals surface area contributed by atoms with Crippen molar-refractivity contribution < 1.29 is 4.74 Å². The molecule has 1 aromatic carbocycles. The predicted octanol–water partition coefficient (Wildman–Crippen LogP) is 3.33. The Kier molecular flexibility index (Phi) is 3.43. The quantitative estimate of drug-likeness (QED) is 0.852. The number of hydrogen-bond donors (Lipinski definition) is 1. The van der Waals surface area contributed by atoms with Crippen LogP contribution in [0.15, 0.2) is 30.3 Å². The number of methoxy groups -OCH3 is 1. The SMILES string of the molecule is COCc1cc(=S)n(-c2ccc(Cl)cc2)[nH]1. The number of halogens is 1. The van der Waals surface area contributed by atoms with Crippen LogP contribution in [-0.2, 0) is 11.3 Å². The largest absolute Gasteiger partial charge is 0.378 e. The van der Waals surface area contributed by atoms with E-state index < -0.39 is 0 Å². The van der Waals surface area contributed by atoms with Crippen molar-refractivity contribution >= 4 is 23.8 Å². The highest BCUT2D eigenvalue weighted by atomic mass is 35.5.